The van der Waals surface area contributed by atoms with E-state index in [0.29, 0.717) is 6.42 Å². The summed E-state index contributed by atoms with van der Waals surface area (Å²) in [5.41, 5.74) is 5.34. The standard InChI is InChI=1S/C16H32O2.C8H19N/c1-2-3-4-5-6-7-8-9-10-11-12-13-14-15-16(17)18;1-2-3-4-5-6-7-8-9/h2-15H2,1H3,(H,17,18);2-9H2,1H3. The lowest BCUT2D eigenvalue weighted by Crippen LogP contribution is -1.97. The molecule has 0 aliphatic heterocycles. The molecule has 0 atom stereocenters. The number of carboxylic acid groups (broad SMARTS) is 1. The van der Waals surface area contributed by atoms with Gasteiger partial charge < -0.3 is 10.8 Å². The molecule has 0 rings (SSSR count). The van der Waals surface area contributed by atoms with Crippen LogP contribution in [-0.4, -0.2) is 17.6 Å². The first-order chi connectivity index (χ1) is 13.2. The van der Waals surface area contributed by atoms with Crippen LogP contribution in [0.5, 0.6) is 0 Å². The van der Waals surface area contributed by atoms with Crippen molar-refractivity contribution in [3.05, 3.63) is 0 Å². The third kappa shape index (κ3) is 33.4. The van der Waals surface area contributed by atoms with Crippen LogP contribution in [0.4, 0.5) is 0 Å². The van der Waals surface area contributed by atoms with Crippen molar-refractivity contribution in [3.8, 4) is 0 Å². The molecule has 0 saturated heterocycles. The average Bonchev–Trinajstić information content (AvgIpc) is 2.66. The van der Waals surface area contributed by atoms with Crippen molar-refractivity contribution < 1.29 is 9.90 Å². The summed E-state index contributed by atoms with van der Waals surface area (Å²) in [5.74, 6) is -0.655. The Kier molecular flexibility index (Phi) is 29.3. The Morgan fingerprint density at radius 1 is 0.556 bits per heavy atom. The van der Waals surface area contributed by atoms with Crippen molar-refractivity contribution in [1.29, 1.82) is 0 Å². The van der Waals surface area contributed by atoms with E-state index < -0.39 is 5.97 Å². The van der Waals surface area contributed by atoms with Crippen LogP contribution in [-0.2, 0) is 4.79 Å². The van der Waals surface area contributed by atoms with Gasteiger partial charge in [-0.1, -0.05) is 123 Å². The van der Waals surface area contributed by atoms with Gasteiger partial charge in [0, 0.05) is 6.42 Å². The second-order valence-electron chi connectivity index (χ2n) is 7.94. The summed E-state index contributed by atoms with van der Waals surface area (Å²) in [6.07, 6.45) is 25.3. The number of hydrogen-bond acceptors (Lipinski definition) is 2. The first-order valence-corrected chi connectivity index (χ1v) is 12.1. The zero-order chi connectivity index (χ0) is 20.4. The fourth-order valence-electron chi connectivity index (χ4n) is 3.22. The second kappa shape index (κ2) is 27.6. The molecular weight excluding hydrogens is 334 g/mol. The van der Waals surface area contributed by atoms with Gasteiger partial charge in [-0.25, -0.2) is 0 Å². The quantitative estimate of drug-likeness (QED) is 0.210. The van der Waals surface area contributed by atoms with E-state index in [9.17, 15) is 4.79 Å². The number of carbonyl (C=O) groups is 1. The van der Waals surface area contributed by atoms with Gasteiger partial charge >= 0.3 is 5.97 Å². The summed E-state index contributed by atoms with van der Waals surface area (Å²) < 4.78 is 0. The molecule has 27 heavy (non-hydrogen) atoms. The van der Waals surface area contributed by atoms with E-state index in [-0.39, 0.29) is 0 Å². The summed E-state index contributed by atoms with van der Waals surface area (Å²) >= 11 is 0. The van der Waals surface area contributed by atoms with Crippen molar-refractivity contribution >= 4 is 5.97 Å². The van der Waals surface area contributed by atoms with Crippen molar-refractivity contribution in [1.82, 2.24) is 0 Å². The molecule has 0 bridgehead atoms. The first kappa shape index (κ1) is 28.6. The predicted octanol–water partition coefficient (Wildman–Crippen LogP) is 7.86. The normalized spacial score (nSPS) is 10.5. The molecule has 0 saturated carbocycles. The van der Waals surface area contributed by atoms with Gasteiger partial charge in [0.15, 0.2) is 0 Å². The Bertz CT molecular complexity index is 263. The second-order valence-corrected chi connectivity index (χ2v) is 7.94. The summed E-state index contributed by atoms with van der Waals surface area (Å²) in [7, 11) is 0. The molecule has 0 aromatic heterocycles. The van der Waals surface area contributed by atoms with E-state index in [1.807, 2.05) is 0 Å². The number of aliphatic carboxylic acids is 1. The van der Waals surface area contributed by atoms with E-state index >= 15 is 0 Å². The summed E-state index contributed by atoms with van der Waals surface area (Å²) in [6, 6.07) is 0. The van der Waals surface area contributed by atoms with Gasteiger partial charge in [-0.2, -0.15) is 0 Å². The fourth-order valence-corrected chi connectivity index (χ4v) is 3.22. The van der Waals surface area contributed by atoms with Gasteiger partial charge in [-0.05, 0) is 19.4 Å². The third-order valence-corrected chi connectivity index (χ3v) is 5.05. The number of hydrogen-bond donors (Lipinski definition) is 2. The molecule has 164 valence electrons. The number of unbranched alkanes of at least 4 members (excludes halogenated alkanes) is 17. The molecule has 0 aromatic carbocycles. The van der Waals surface area contributed by atoms with E-state index in [0.717, 1.165) is 19.4 Å². The minimum absolute atomic E-state index is 0.345. The van der Waals surface area contributed by atoms with Gasteiger partial charge in [0.1, 0.15) is 0 Å². The Hall–Kier alpha value is -0.570. The highest BCUT2D eigenvalue weighted by Gasteiger charge is 1.96. The Labute approximate surface area is 170 Å². The maximum Gasteiger partial charge on any atom is 0.303 e. The molecule has 3 heteroatoms. The van der Waals surface area contributed by atoms with Crippen LogP contribution in [0.25, 0.3) is 0 Å². The van der Waals surface area contributed by atoms with E-state index in [1.165, 1.54) is 109 Å². The summed E-state index contributed by atoms with van der Waals surface area (Å²) in [6.45, 7) is 5.37. The summed E-state index contributed by atoms with van der Waals surface area (Å²) in [4.78, 5) is 10.3. The van der Waals surface area contributed by atoms with E-state index in [4.69, 9.17) is 10.8 Å². The molecule has 0 unspecified atom stereocenters. The Morgan fingerprint density at radius 2 is 0.852 bits per heavy atom. The predicted molar refractivity (Wildman–Crippen MR) is 120 cm³/mol. The van der Waals surface area contributed by atoms with Crippen molar-refractivity contribution in [3.63, 3.8) is 0 Å². The highest BCUT2D eigenvalue weighted by atomic mass is 16.4. The van der Waals surface area contributed by atoms with Crippen LogP contribution in [0.3, 0.4) is 0 Å². The Balaban J connectivity index is 0. The van der Waals surface area contributed by atoms with Crippen molar-refractivity contribution in [2.75, 3.05) is 6.54 Å². The minimum Gasteiger partial charge on any atom is -0.481 e. The van der Waals surface area contributed by atoms with Crippen LogP contribution in [0.1, 0.15) is 142 Å². The minimum atomic E-state index is -0.655. The van der Waals surface area contributed by atoms with Gasteiger partial charge in [-0.15, -0.1) is 0 Å². The zero-order valence-corrected chi connectivity index (χ0v) is 18.8. The molecule has 0 radical (unpaired) electrons. The molecule has 0 aliphatic rings. The lowest BCUT2D eigenvalue weighted by Gasteiger charge is -2.02. The molecule has 0 fully saturated rings. The first-order valence-electron chi connectivity index (χ1n) is 12.1. The molecule has 0 amide bonds. The van der Waals surface area contributed by atoms with Crippen molar-refractivity contribution in [2.45, 2.75) is 142 Å². The molecule has 3 nitrogen and oxygen atoms in total. The zero-order valence-electron chi connectivity index (χ0n) is 18.8. The lowest BCUT2D eigenvalue weighted by atomic mass is 10.0. The highest BCUT2D eigenvalue weighted by molar-refractivity contribution is 5.66. The van der Waals surface area contributed by atoms with E-state index in [1.54, 1.807) is 0 Å². The fraction of sp³-hybridized carbons (Fsp3) is 0.958. The number of carboxylic acids is 1. The average molecular weight is 386 g/mol. The van der Waals surface area contributed by atoms with Gasteiger partial charge in [0.25, 0.3) is 0 Å². The maximum absolute atomic E-state index is 10.3. The van der Waals surface area contributed by atoms with Crippen LogP contribution in [0.2, 0.25) is 0 Å². The molecule has 0 aromatic rings. The highest BCUT2D eigenvalue weighted by Crippen LogP contribution is 2.12. The third-order valence-electron chi connectivity index (χ3n) is 5.05. The van der Waals surface area contributed by atoms with Gasteiger partial charge in [-0.3, -0.25) is 4.79 Å². The van der Waals surface area contributed by atoms with Crippen LogP contribution < -0.4 is 5.73 Å². The molecule has 3 N–H and O–H groups in total. The lowest BCUT2D eigenvalue weighted by molar-refractivity contribution is -0.137. The van der Waals surface area contributed by atoms with Crippen LogP contribution in [0, 0.1) is 0 Å². The largest absolute Gasteiger partial charge is 0.481 e. The van der Waals surface area contributed by atoms with Crippen LogP contribution in [0.15, 0.2) is 0 Å². The van der Waals surface area contributed by atoms with Gasteiger partial charge in [0.05, 0.1) is 0 Å². The van der Waals surface area contributed by atoms with E-state index in [2.05, 4.69) is 13.8 Å². The molecule has 0 aliphatic carbocycles. The molecule has 0 spiro atoms. The smallest absolute Gasteiger partial charge is 0.303 e. The van der Waals surface area contributed by atoms with Crippen molar-refractivity contribution in [2.24, 2.45) is 5.73 Å². The maximum atomic E-state index is 10.3. The number of nitrogens with two attached hydrogens (primary N) is 1. The molecule has 0 heterocycles. The summed E-state index contributed by atoms with van der Waals surface area (Å²) in [5, 5.41) is 8.49. The SMILES string of the molecule is CCCCCCCCCCCCCCCC(=O)O.CCCCCCCCN. The molecular formula is C24H51NO2. The van der Waals surface area contributed by atoms with Gasteiger partial charge in [0.2, 0.25) is 0 Å². The van der Waals surface area contributed by atoms with Crippen LogP contribution >= 0.6 is 0 Å². The Morgan fingerprint density at radius 3 is 1.15 bits per heavy atom. The monoisotopic (exact) mass is 385 g/mol. The topological polar surface area (TPSA) is 63.3 Å². The number of rotatable bonds is 20.